The van der Waals surface area contributed by atoms with Crippen molar-refractivity contribution in [3.63, 3.8) is 0 Å². The highest BCUT2D eigenvalue weighted by Crippen LogP contribution is 2.29. The molecule has 3 heterocycles. The Morgan fingerprint density at radius 2 is 1.85 bits per heavy atom. The van der Waals surface area contributed by atoms with E-state index in [0.29, 0.717) is 18.7 Å². The number of thioether (sulfide) groups is 1. The average Bonchev–Trinajstić information content (AvgIpc) is 3.26. The summed E-state index contributed by atoms with van der Waals surface area (Å²) in [5, 5.41) is 11.4. The third-order valence-corrected chi connectivity index (χ3v) is 6.76. The van der Waals surface area contributed by atoms with Crippen molar-refractivity contribution in [3.8, 4) is 0 Å². The summed E-state index contributed by atoms with van der Waals surface area (Å²) in [5.41, 5.74) is 1.52. The van der Waals surface area contributed by atoms with Crippen LogP contribution in [0.2, 0.25) is 0 Å². The Kier molecular flexibility index (Phi) is 6.44. The van der Waals surface area contributed by atoms with Crippen molar-refractivity contribution in [2.45, 2.75) is 37.9 Å². The van der Waals surface area contributed by atoms with E-state index in [4.69, 9.17) is 9.97 Å². The molecular formula is C25H28N6OS. The van der Waals surface area contributed by atoms with E-state index in [1.165, 1.54) is 19.3 Å². The van der Waals surface area contributed by atoms with Crippen LogP contribution >= 0.6 is 11.8 Å². The van der Waals surface area contributed by atoms with Gasteiger partial charge in [-0.3, -0.25) is 4.79 Å². The fourth-order valence-electron chi connectivity index (χ4n) is 4.42. The van der Waals surface area contributed by atoms with Gasteiger partial charge in [-0.15, -0.1) is 0 Å². The molecule has 1 aliphatic heterocycles. The molecule has 0 unspecified atom stereocenters. The van der Waals surface area contributed by atoms with Crippen molar-refractivity contribution >= 4 is 45.3 Å². The second-order valence-electron chi connectivity index (χ2n) is 8.20. The summed E-state index contributed by atoms with van der Waals surface area (Å²) in [4.78, 5) is 24.9. The van der Waals surface area contributed by atoms with E-state index in [1.807, 2.05) is 53.3 Å². The number of rotatable bonds is 7. The van der Waals surface area contributed by atoms with Crippen LogP contribution < -0.4 is 10.2 Å². The van der Waals surface area contributed by atoms with E-state index < -0.39 is 0 Å². The number of fused-ring (bicyclic) bond motifs is 2. The van der Waals surface area contributed by atoms with Crippen LogP contribution in [0.1, 0.15) is 36.5 Å². The second kappa shape index (κ2) is 9.79. The maximum Gasteiger partial charge on any atom is 0.251 e. The van der Waals surface area contributed by atoms with Crippen LogP contribution in [-0.4, -0.2) is 51.0 Å². The van der Waals surface area contributed by atoms with Crippen LogP contribution in [0, 0.1) is 0 Å². The van der Waals surface area contributed by atoms with E-state index in [9.17, 15) is 4.79 Å². The first-order valence-corrected chi connectivity index (χ1v) is 12.6. The number of piperidine rings is 1. The van der Waals surface area contributed by atoms with Gasteiger partial charge in [-0.1, -0.05) is 55.1 Å². The first kappa shape index (κ1) is 21.7. The minimum Gasteiger partial charge on any atom is -0.356 e. The zero-order valence-corrected chi connectivity index (χ0v) is 19.6. The van der Waals surface area contributed by atoms with Gasteiger partial charge in [0.15, 0.2) is 10.8 Å². The third kappa shape index (κ3) is 4.53. The van der Waals surface area contributed by atoms with Gasteiger partial charge in [0, 0.05) is 25.2 Å². The minimum atomic E-state index is -0.0749. The van der Waals surface area contributed by atoms with E-state index >= 15 is 0 Å². The lowest BCUT2D eigenvalue weighted by Gasteiger charge is -2.28. The highest BCUT2D eigenvalue weighted by atomic mass is 32.2. The highest BCUT2D eigenvalue weighted by Gasteiger charge is 2.20. The van der Waals surface area contributed by atoms with Crippen molar-refractivity contribution in [1.82, 2.24) is 25.1 Å². The predicted molar refractivity (Wildman–Crippen MR) is 134 cm³/mol. The number of benzene rings is 2. The Bertz CT molecular complexity index is 1280. The molecule has 0 bridgehead atoms. The van der Waals surface area contributed by atoms with Crippen molar-refractivity contribution in [2.75, 3.05) is 30.3 Å². The molecule has 1 aliphatic rings. The highest BCUT2D eigenvalue weighted by molar-refractivity contribution is 7.99. The van der Waals surface area contributed by atoms with Crippen LogP contribution in [-0.2, 0) is 6.54 Å². The molecular weight excluding hydrogens is 432 g/mol. The lowest BCUT2D eigenvalue weighted by molar-refractivity contribution is 0.0953. The minimum absolute atomic E-state index is 0.0749. The van der Waals surface area contributed by atoms with Crippen molar-refractivity contribution in [1.29, 1.82) is 0 Å². The molecule has 0 radical (unpaired) electrons. The molecule has 2 aromatic carbocycles. The number of carbonyl (C=O) groups excluding carboxylic acids is 1. The molecule has 1 saturated heterocycles. The number of amides is 1. The fraction of sp³-hybridized carbons (Fsp3) is 0.360. The molecule has 0 atom stereocenters. The SMILES string of the molecule is CCSc1nc(N2CCCCC2)c2cnn(CCNC(=O)c3cccc4ccccc34)c2n1. The van der Waals surface area contributed by atoms with Gasteiger partial charge in [0.1, 0.15) is 5.82 Å². The molecule has 7 nitrogen and oxygen atoms in total. The fourth-order valence-corrected chi connectivity index (χ4v) is 4.98. The Morgan fingerprint density at radius 3 is 2.70 bits per heavy atom. The zero-order valence-electron chi connectivity index (χ0n) is 18.8. The van der Waals surface area contributed by atoms with E-state index in [2.05, 4.69) is 22.2 Å². The number of nitrogens with one attached hydrogen (secondary N) is 1. The zero-order chi connectivity index (χ0) is 22.6. The number of carbonyl (C=O) groups is 1. The Labute approximate surface area is 197 Å². The van der Waals surface area contributed by atoms with Gasteiger partial charge in [0.05, 0.1) is 18.1 Å². The summed E-state index contributed by atoms with van der Waals surface area (Å²) in [6.45, 7) is 5.17. The van der Waals surface area contributed by atoms with Crippen molar-refractivity contribution in [3.05, 3.63) is 54.2 Å². The quantitative estimate of drug-likeness (QED) is 0.323. The molecule has 170 valence electrons. The normalized spacial score (nSPS) is 14.2. The van der Waals surface area contributed by atoms with Crippen LogP contribution in [0.3, 0.4) is 0 Å². The van der Waals surface area contributed by atoms with E-state index in [-0.39, 0.29) is 5.91 Å². The third-order valence-electron chi connectivity index (χ3n) is 6.03. The van der Waals surface area contributed by atoms with Gasteiger partial charge in [0.25, 0.3) is 5.91 Å². The predicted octanol–water partition coefficient (Wildman–Crippen LogP) is 4.51. The Morgan fingerprint density at radius 1 is 1.03 bits per heavy atom. The molecule has 1 fully saturated rings. The first-order valence-electron chi connectivity index (χ1n) is 11.6. The Balaban J connectivity index is 1.35. The molecule has 5 rings (SSSR count). The molecule has 8 heteroatoms. The number of nitrogens with zero attached hydrogens (tertiary/aromatic N) is 5. The second-order valence-corrected chi connectivity index (χ2v) is 9.43. The molecule has 0 saturated carbocycles. The number of anilines is 1. The van der Waals surface area contributed by atoms with E-state index in [0.717, 1.165) is 51.6 Å². The van der Waals surface area contributed by atoms with E-state index in [1.54, 1.807) is 11.8 Å². The van der Waals surface area contributed by atoms with Gasteiger partial charge in [-0.2, -0.15) is 5.10 Å². The summed E-state index contributed by atoms with van der Waals surface area (Å²) in [5.74, 6) is 1.83. The molecule has 4 aromatic rings. The average molecular weight is 461 g/mol. The molecule has 0 aliphatic carbocycles. The van der Waals surface area contributed by atoms with Crippen LogP contribution in [0.25, 0.3) is 21.8 Å². The van der Waals surface area contributed by atoms with Crippen molar-refractivity contribution < 1.29 is 4.79 Å². The van der Waals surface area contributed by atoms with Crippen LogP contribution in [0.5, 0.6) is 0 Å². The summed E-state index contributed by atoms with van der Waals surface area (Å²) < 4.78 is 1.88. The van der Waals surface area contributed by atoms with Gasteiger partial charge in [0.2, 0.25) is 0 Å². The molecule has 1 amide bonds. The topological polar surface area (TPSA) is 75.9 Å². The molecule has 2 aromatic heterocycles. The molecule has 1 N–H and O–H groups in total. The summed E-state index contributed by atoms with van der Waals surface area (Å²) in [7, 11) is 0. The number of hydrogen-bond donors (Lipinski definition) is 1. The lowest BCUT2D eigenvalue weighted by atomic mass is 10.0. The molecule has 33 heavy (non-hydrogen) atoms. The smallest absolute Gasteiger partial charge is 0.251 e. The monoisotopic (exact) mass is 460 g/mol. The Hall–Kier alpha value is -3.13. The maximum absolute atomic E-state index is 12.9. The first-order chi connectivity index (χ1) is 16.2. The van der Waals surface area contributed by atoms with Crippen LogP contribution in [0.15, 0.2) is 53.8 Å². The van der Waals surface area contributed by atoms with Gasteiger partial charge in [-0.05, 0) is 41.9 Å². The van der Waals surface area contributed by atoms with Crippen LogP contribution in [0.4, 0.5) is 5.82 Å². The standard InChI is InChI=1S/C25H28N6OS/c1-2-33-25-28-22(30-14-6-3-7-15-30)21-17-27-31(23(21)29-25)16-13-26-24(32)20-12-8-10-18-9-4-5-11-19(18)20/h4-5,8-12,17H,2-3,6-7,13-16H2,1H3,(H,26,32). The van der Waals surface area contributed by atoms with Crippen molar-refractivity contribution in [2.24, 2.45) is 0 Å². The van der Waals surface area contributed by atoms with Gasteiger partial charge < -0.3 is 10.2 Å². The number of aromatic nitrogens is 4. The maximum atomic E-state index is 12.9. The van der Waals surface area contributed by atoms with Gasteiger partial charge >= 0.3 is 0 Å². The number of hydrogen-bond acceptors (Lipinski definition) is 6. The largest absolute Gasteiger partial charge is 0.356 e. The summed E-state index contributed by atoms with van der Waals surface area (Å²) >= 11 is 1.65. The summed E-state index contributed by atoms with van der Waals surface area (Å²) in [6.07, 6.45) is 5.52. The molecule has 0 spiro atoms. The summed E-state index contributed by atoms with van der Waals surface area (Å²) in [6, 6.07) is 13.8. The lowest BCUT2D eigenvalue weighted by Crippen LogP contribution is -2.30. The van der Waals surface area contributed by atoms with Gasteiger partial charge in [-0.25, -0.2) is 14.6 Å².